The minimum Gasteiger partial charge on any atom is -0.399 e. The van der Waals surface area contributed by atoms with Crippen molar-refractivity contribution in [2.75, 3.05) is 0 Å². The third-order valence-corrected chi connectivity index (χ3v) is 4.05. The first-order valence-electron chi connectivity index (χ1n) is 6.56. The Balaban J connectivity index is 2.40. The van der Waals surface area contributed by atoms with Crippen LogP contribution in [-0.2, 0) is 15.7 Å². The lowest BCUT2D eigenvalue weighted by molar-refractivity contribution is 0.00578. The summed E-state index contributed by atoms with van der Waals surface area (Å²) in [5.41, 5.74) is 1.30. The molecule has 1 fully saturated rings. The first kappa shape index (κ1) is 14.6. The molecule has 1 aliphatic heterocycles. The SMILES string of the molecule is CC1(C)OB(c2ccc(C#N)cc2CC#N)OC1(C)C. The lowest BCUT2D eigenvalue weighted by Gasteiger charge is -2.32. The van der Waals surface area contributed by atoms with Crippen LogP contribution in [-0.4, -0.2) is 18.3 Å². The number of hydrogen-bond acceptors (Lipinski definition) is 4. The van der Waals surface area contributed by atoms with Gasteiger partial charge in [-0.3, -0.25) is 0 Å². The predicted octanol–water partition coefficient (Wildman–Crippen LogP) is 1.92. The van der Waals surface area contributed by atoms with E-state index in [9.17, 15) is 0 Å². The van der Waals surface area contributed by atoms with E-state index in [0.29, 0.717) is 5.56 Å². The minimum absolute atomic E-state index is 0.231. The van der Waals surface area contributed by atoms with Crippen molar-refractivity contribution in [1.29, 1.82) is 10.5 Å². The van der Waals surface area contributed by atoms with Crippen LogP contribution in [0.5, 0.6) is 0 Å². The molecular weight excluding hydrogens is 251 g/mol. The molecule has 1 saturated heterocycles. The van der Waals surface area contributed by atoms with Gasteiger partial charge in [0.05, 0.1) is 35.3 Å². The Morgan fingerprint density at radius 3 is 2.20 bits per heavy atom. The average Bonchev–Trinajstić information content (AvgIpc) is 2.58. The van der Waals surface area contributed by atoms with E-state index in [2.05, 4.69) is 12.1 Å². The fraction of sp³-hybridized carbons (Fsp3) is 0.467. The van der Waals surface area contributed by atoms with Crippen LogP contribution in [0.1, 0.15) is 38.8 Å². The minimum atomic E-state index is -0.504. The van der Waals surface area contributed by atoms with E-state index < -0.39 is 18.3 Å². The number of nitriles is 2. The predicted molar refractivity (Wildman–Crippen MR) is 76.2 cm³/mol. The van der Waals surface area contributed by atoms with Gasteiger partial charge in [0.2, 0.25) is 0 Å². The summed E-state index contributed by atoms with van der Waals surface area (Å²) in [7, 11) is -0.504. The molecule has 0 aromatic heterocycles. The third-order valence-electron chi connectivity index (χ3n) is 4.05. The topological polar surface area (TPSA) is 66.0 Å². The molecule has 1 aromatic carbocycles. The van der Waals surface area contributed by atoms with Gasteiger partial charge in [0, 0.05) is 0 Å². The molecule has 1 aromatic rings. The van der Waals surface area contributed by atoms with E-state index in [1.165, 1.54) is 0 Å². The molecular formula is C15H17BN2O2. The normalized spacial score (nSPS) is 19.4. The molecule has 1 aliphatic rings. The zero-order valence-corrected chi connectivity index (χ0v) is 12.2. The Labute approximate surface area is 120 Å². The van der Waals surface area contributed by atoms with Gasteiger partial charge >= 0.3 is 7.12 Å². The largest absolute Gasteiger partial charge is 0.495 e. The summed E-state index contributed by atoms with van der Waals surface area (Å²) in [6.07, 6.45) is 0.231. The molecule has 0 unspecified atom stereocenters. The van der Waals surface area contributed by atoms with E-state index in [0.717, 1.165) is 11.0 Å². The second-order valence-corrected chi connectivity index (χ2v) is 5.95. The molecule has 20 heavy (non-hydrogen) atoms. The summed E-state index contributed by atoms with van der Waals surface area (Å²) in [4.78, 5) is 0. The van der Waals surface area contributed by atoms with Crippen LogP contribution in [0.2, 0.25) is 0 Å². The van der Waals surface area contributed by atoms with Gasteiger partial charge in [0.15, 0.2) is 0 Å². The number of hydrogen-bond donors (Lipinski definition) is 0. The molecule has 0 spiro atoms. The lowest BCUT2D eigenvalue weighted by Crippen LogP contribution is -2.41. The molecule has 2 rings (SSSR count). The molecule has 0 saturated carbocycles. The highest BCUT2D eigenvalue weighted by molar-refractivity contribution is 6.62. The Bertz CT molecular complexity index is 595. The lowest BCUT2D eigenvalue weighted by atomic mass is 9.75. The number of nitrogens with zero attached hydrogens (tertiary/aromatic N) is 2. The van der Waals surface area contributed by atoms with Crippen LogP contribution in [0.4, 0.5) is 0 Å². The monoisotopic (exact) mass is 268 g/mol. The quantitative estimate of drug-likeness (QED) is 0.768. The maximum absolute atomic E-state index is 8.96. The molecule has 4 nitrogen and oxygen atoms in total. The van der Waals surface area contributed by atoms with Crippen LogP contribution in [0.25, 0.3) is 0 Å². The molecule has 5 heteroatoms. The molecule has 0 atom stereocenters. The maximum Gasteiger partial charge on any atom is 0.495 e. The highest BCUT2D eigenvalue weighted by Crippen LogP contribution is 2.36. The zero-order chi connectivity index (χ0) is 15.0. The van der Waals surface area contributed by atoms with Crippen LogP contribution in [0, 0.1) is 22.7 Å². The summed E-state index contributed by atoms with van der Waals surface area (Å²) in [6.45, 7) is 7.95. The van der Waals surface area contributed by atoms with Crippen LogP contribution in [0.3, 0.4) is 0 Å². The highest BCUT2D eigenvalue weighted by atomic mass is 16.7. The van der Waals surface area contributed by atoms with E-state index in [-0.39, 0.29) is 6.42 Å². The first-order chi connectivity index (χ1) is 9.30. The summed E-state index contributed by atoms with van der Waals surface area (Å²) < 4.78 is 12.0. The fourth-order valence-electron chi connectivity index (χ4n) is 2.11. The third kappa shape index (κ3) is 2.43. The van der Waals surface area contributed by atoms with E-state index in [4.69, 9.17) is 19.8 Å². The van der Waals surface area contributed by atoms with Crippen molar-refractivity contribution in [2.45, 2.75) is 45.3 Å². The van der Waals surface area contributed by atoms with Crippen molar-refractivity contribution >= 4 is 12.6 Å². The van der Waals surface area contributed by atoms with Crippen LogP contribution in [0.15, 0.2) is 18.2 Å². The Morgan fingerprint density at radius 1 is 1.10 bits per heavy atom. The van der Waals surface area contributed by atoms with E-state index in [1.54, 1.807) is 12.1 Å². The fourth-order valence-corrected chi connectivity index (χ4v) is 2.11. The van der Waals surface area contributed by atoms with Gasteiger partial charge in [0.25, 0.3) is 0 Å². The second kappa shape index (κ2) is 4.94. The molecule has 102 valence electrons. The van der Waals surface area contributed by atoms with Crippen molar-refractivity contribution in [3.63, 3.8) is 0 Å². The van der Waals surface area contributed by atoms with Gasteiger partial charge in [-0.15, -0.1) is 0 Å². The standard InChI is InChI=1S/C15H17BN2O2/c1-14(2)15(3,4)20-16(19-14)13-6-5-11(10-18)9-12(13)7-8-17/h5-6,9H,7H2,1-4H3. The van der Waals surface area contributed by atoms with Crippen LogP contribution < -0.4 is 5.46 Å². The number of rotatable bonds is 2. The van der Waals surface area contributed by atoms with Crippen LogP contribution >= 0.6 is 0 Å². The van der Waals surface area contributed by atoms with Gasteiger partial charge in [-0.1, -0.05) is 6.07 Å². The Hall–Kier alpha value is -1.82. The Kier molecular flexibility index (Phi) is 3.60. The zero-order valence-electron chi connectivity index (χ0n) is 12.2. The van der Waals surface area contributed by atoms with Gasteiger partial charge in [0.1, 0.15) is 0 Å². The van der Waals surface area contributed by atoms with Gasteiger partial charge in [-0.25, -0.2) is 0 Å². The van der Waals surface area contributed by atoms with Gasteiger partial charge in [-0.05, 0) is 50.9 Å². The van der Waals surface area contributed by atoms with Crippen molar-refractivity contribution < 1.29 is 9.31 Å². The molecule has 0 amide bonds. The van der Waals surface area contributed by atoms with Gasteiger partial charge < -0.3 is 9.31 Å². The summed E-state index contributed by atoms with van der Waals surface area (Å²) in [6, 6.07) is 9.47. The first-order valence-corrected chi connectivity index (χ1v) is 6.56. The van der Waals surface area contributed by atoms with Gasteiger partial charge in [-0.2, -0.15) is 10.5 Å². The maximum atomic E-state index is 8.96. The smallest absolute Gasteiger partial charge is 0.399 e. The second-order valence-electron chi connectivity index (χ2n) is 5.95. The summed E-state index contributed by atoms with van der Waals surface area (Å²) in [5, 5.41) is 17.9. The van der Waals surface area contributed by atoms with Crippen molar-refractivity contribution in [3.8, 4) is 12.1 Å². The highest BCUT2D eigenvalue weighted by Gasteiger charge is 2.52. The Morgan fingerprint density at radius 2 is 1.70 bits per heavy atom. The summed E-state index contributed by atoms with van der Waals surface area (Å²) in [5.74, 6) is 0. The van der Waals surface area contributed by atoms with E-state index in [1.807, 2.05) is 33.8 Å². The molecule has 0 radical (unpaired) electrons. The average molecular weight is 268 g/mol. The van der Waals surface area contributed by atoms with Crippen molar-refractivity contribution in [1.82, 2.24) is 0 Å². The summed E-state index contributed by atoms with van der Waals surface area (Å²) >= 11 is 0. The molecule has 0 N–H and O–H groups in total. The molecule has 1 heterocycles. The van der Waals surface area contributed by atoms with Crippen molar-refractivity contribution in [3.05, 3.63) is 29.3 Å². The molecule has 0 bridgehead atoms. The van der Waals surface area contributed by atoms with Crippen molar-refractivity contribution in [2.24, 2.45) is 0 Å². The molecule has 0 aliphatic carbocycles. The van der Waals surface area contributed by atoms with E-state index >= 15 is 0 Å². The number of benzene rings is 1.